The first-order valence-electron chi connectivity index (χ1n) is 5.44. The fourth-order valence-electron chi connectivity index (χ4n) is 1.21. The van der Waals surface area contributed by atoms with Gasteiger partial charge in [0, 0.05) is 12.8 Å². The molecular formula is C13H16O3S. The summed E-state index contributed by atoms with van der Waals surface area (Å²) in [6, 6.07) is 8.81. The third-order valence-corrected chi connectivity index (χ3v) is 2.16. The Kier molecular flexibility index (Phi) is 5.10. The number of thiocarbonyl (C=S) groups is 1. The van der Waals surface area contributed by atoms with E-state index in [0.717, 1.165) is 0 Å². The molecule has 1 atom stereocenters. The molecule has 1 unspecified atom stereocenters. The SMILES string of the molecule is CC(=S)OC(OC(=O)c1ccccc1)C(C)C. The molecule has 1 aromatic rings. The van der Waals surface area contributed by atoms with Crippen LogP contribution in [0.1, 0.15) is 31.1 Å². The second-order valence-corrected chi connectivity index (χ2v) is 4.57. The minimum atomic E-state index is -0.639. The fourth-order valence-corrected chi connectivity index (χ4v) is 1.30. The van der Waals surface area contributed by atoms with E-state index >= 15 is 0 Å². The molecule has 0 bridgehead atoms. The smallest absolute Gasteiger partial charge is 0.341 e. The van der Waals surface area contributed by atoms with Gasteiger partial charge in [-0.25, -0.2) is 4.79 Å². The molecule has 0 amide bonds. The van der Waals surface area contributed by atoms with Gasteiger partial charge in [-0.3, -0.25) is 0 Å². The Hall–Kier alpha value is -1.42. The average Bonchev–Trinajstić information content (AvgIpc) is 2.28. The first-order valence-corrected chi connectivity index (χ1v) is 5.84. The first-order chi connectivity index (χ1) is 8.00. The van der Waals surface area contributed by atoms with Gasteiger partial charge in [-0.15, -0.1) is 0 Å². The summed E-state index contributed by atoms with van der Waals surface area (Å²) in [5.74, 6) is -0.360. The first kappa shape index (κ1) is 13.6. The lowest BCUT2D eigenvalue weighted by atomic mass is 10.2. The summed E-state index contributed by atoms with van der Waals surface area (Å²) in [5.41, 5.74) is 0.503. The third kappa shape index (κ3) is 4.53. The number of esters is 1. The molecule has 3 nitrogen and oxygen atoms in total. The van der Waals surface area contributed by atoms with Crippen LogP contribution in [0.15, 0.2) is 30.3 Å². The second kappa shape index (κ2) is 6.35. The molecule has 0 spiro atoms. The number of hydrogen-bond acceptors (Lipinski definition) is 4. The Morgan fingerprint density at radius 2 is 1.76 bits per heavy atom. The quantitative estimate of drug-likeness (QED) is 0.468. The maximum atomic E-state index is 11.8. The molecule has 1 aromatic carbocycles. The number of rotatable bonds is 4. The van der Waals surface area contributed by atoms with Gasteiger partial charge in [-0.1, -0.05) is 32.0 Å². The maximum absolute atomic E-state index is 11.8. The standard InChI is InChI=1S/C13H16O3S/c1-9(2)13(15-10(3)17)16-12(14)11-7-5-4-6-8-11/h4-9,13H,1-3H3. The Morgan fingerprint density at radius 3 is 2.24 bits per heavy atom. The fraction of sp³-hybridized carbons (Fsp3) is 0.385. The van der Waals surface area contributed by atoms with Crippen LogP contribution < -0.4 is 0 Å². The van der Waals surface area contributed by atoms with Gasteiger partial charge in [-0.05, 0) is 24.4 Å². The third-order valence-electron chi connectivity index (χ3n) is 2.06. The predicted molar refractivity (Wildman–Crippen MR) is 69.8 cm³/mol. The van der Waals surface area contributed by atoms with E-state index in [-0.39, 0.29) is 5.92 Å². The van der Waals surface area contributed by atoms with Crippen LogP contribution in [0.5, 0.6) is 0 Å². The monoisotopic (exact) mass is 252 g/mol. The van der Waals surface area contributed by atoms with E-state index < -0.39 is 12.3 Å². The Bertz CT molecular complexity index is 387. The van der Waals surface area contributed by atoms with Crippen molar-refractivity contribution in [3.05, 3.63) is 35.9 Å². The van der Waals surface area contributed by atoms with Crippen molar-refractivity contribution in [2.75, 3.05) is 0 Å². The normalized spacial score (nSPS) is 12.0. The van der Waals surface area contributed by atoms with E-state index in [0.29, 0.717) is 10.6 Å². The lowest BCUT2D eigenvalue weighted by Crippen LogP contribution is -2.28. The van der Waals surface area contributed by atoms with Crippen LogP contribution in [0.2, 0.25) is 0 Å². The lowest BCUT2D eigenvalue weighted by molar-refractivity contribution is -0.0792. The predicted octanol–water partition coefficient (Wildman–Crippen LogP) is 3.19. The van der Waals surface area contributed by atoms with Gasteiger partial charge >= 0.3 is 5.97 Å². The molecule has 0 saturated heterocycles. The highest BCUT2D eigenvalue weighted by molar-refractivity contribution is 7.80. The molecule has 0 heterocycles. The van der Waals surface area contributed by atoms with Crippen molar-refractivity contribution in [2.24, 2.45) is 5.92 Å². The van der Waals surface area contributed by atoms with Crippen molar-refractivity contribution in [3.8, 4) is 0 Å². The molecule has 0 aliphatic heterocycles. The summed E-state index contributed by atoms with van der Waals surface area (Å²) in [4.78, 5) is 11.8. The Labute approximate surface area is 107 Å². The summed E-state index contributed by atoms with van der Waals surface area (Å²) >= 11 is 4.85. The highest BCUT2D eigenvalue weighted by Crippen LogP contribution is 2.12. The van der Waals surface area contributed by atoms with Crippen molar-refractivity contribution in [1.82, 2.24) is 0 Å². The number of carbonyl (C=O) groups is 1. The molecule has 1 rings (SSSR count). The van der Waals surface area contributed by atoms with Crippen LogP contribution in [-0.2, 0) is 9.47 Å². The van der Waals surface area contributed by atoms with Crippen molar-refractivity contribution < 1.29 is 14.3 Å². The van der Waals surface area contributed by atoms with Crippen LogP contribution in [0.25, 0.3) is 0 Å². The Morgan fingerprint density at radius 1 is 1.18 bits per heavy atom. The van der Waals surface area contributed by atoms with E-state index in [4.69, 9.17) is 21.7 Å². The molecule has 0 radical (unpaired) electrons. The van der Waals surface area contributed by atoms with E-state index in [9.17, 15) is 4.79 Å². The molecule has 4 heteroatoms. The van der Waals surface area contributed by atoms with E-state index in [2.05, 4.69) is 0 Å². The van der Waals surface area contributed by atoms with Crippen molar-refractivity contribution >= 4 is 23.2 Å². The molecule has 0 saturated carbocycles. The minimum Gasteiger partial charge on any atom is -0.448 e. The molecular weight excluding hydrogens is 236 g/mol. The maximum Gasteiger partial charge on any atom is 0.341 e. The van der Waals surface area contributed by atoms with Gasteiger partial charge < -0.3 is 9.47 Å². The molecule has 0 aromatic heterocycles. The van der Waals surface area contributed by atoms with Gasteiger partial charge in [0.2, 0.25) is 6.29 Å². The van der Waals surface area contributed by atoms with Crippen LogP contribution in [0, 0.1) is 5.92 Å². The molecule has 17 heavy (non-hydrogen) atoms. The summed E-state index contributed by atoms with van der Waals surface area (Å²) in [6.07, 6.45) is -0.639. The van der Waals surface area contributed by atoms with E-state index in [1.807, 2.05) is 19.9 Å². The molecule has 0 aliphatic rings. The highest BCUT2D eigenvalue weighted by Gasteiger charge is 2.20. The lowest BCUT2D eigenvalue weighted by Gasteiger charge is -2.21. The highest BCUT2D eigenvalue weighted by atomic mass is 32.1. The summed E-state index contributed by atoms with van der Waals surface area (Å²) < 4.78 is 10.6. The van der Waals surface area contributed by atoms with Crippen molar-refractivity contribution in [2.45, 2.75) is 27.1 Å². The van der Waals surface area contributed by atoms with Crippen molar-refractivity contribution in [3.63, 3.8) is 0 Å². The van der Waals surface area contributed by atoms with Crippen LogP contribution in [0.4, 0.5) is 0 Å². The van der Waals surface area contributed by atoms with Crippen LogP contribution in [0.3, 0.4) is 0 Å². The van der Waals surface area contributed by atoms with Gasteiger partial charge in [-0.2, -0.15) is 0 Å². The Balaban J connectivity index is 2.68. The summed E-state index contributed by atoms with van der Waals surface area (Å²) in [7, 11) is 0. The van der Waals surface area contributed by atoms with Gasteiger partial charge in [0.15, 0.2) is 5.05 Å². The molecule has 0 fully saturated rings. The van der Waals surface area contributed by atoms with Crippen LogP contribution >= 0.6 is 12.2 Å². The molecule has 0 N–H and O–H groups in total. The van der Waals surface area contributed by atoms with E-state index in [1.165, 1.54) is 0 Å². The minimum absolute atomic E-state index is 0.0422. The van der Waals surface area contributed by atoms with E-state index in [1.54, 1.807) is 31.2 Å². The summed E-state index contributed by atoms with van der Waals surface area (Å²) in [6.45, 7) is 5.46. The van der Waals surface area contributed by atoms with Crippen LogP contribution in [-0.4, -0.2) is 17.3 Å². The number of ether oxygens (including phenoxy) is 2. The van der Waals surface area contributed by atoms with Gasteiger partial charge in [0.05, 0.1) is 5.56 Å². The van der Waals surface area contributed by atoms with Gasteiger partial charge in [0.1, 0.15) is 0 Å². The second-order valence-electron chi connectivity index (χ2n) is 3.99. The van der Waals surface area contributed by atoms with Gasteiger partial charge in [0.25, 0.3) is 0 Å². The molecule has 92 valence electrons. The zero-order valence-electron chi connectivity index (χ0n) is 10.2. The topological polar surface area (TPSA) is 35.5 Å². The number of carbonyl (C=O) groups excluding carboxylic acids is 1. The largest absolute Gasteiger partial charge is 0.448 e. The van der Waals surface area contributed by atoms with Crippen molar-refractivity contribution in [1.29, 1.82) is 0 Å². The zero-order chi connectivity index (χ0) is 12.8. The zero-order valence-corrected chi connectivity index (χ0v) is 11.0. The molecule has 0 aliphatic carbocycles. The average molecular weight is 252 g/mol. The number of hydrogen-bond donors (Lipinski definition) is 0. The number of benzene rings is 1. The summed E-state index contributed by atoms with van der Waals surface area (Å²) in [5, 5.41) is 0.365.